The van der Waals surface area contributed by atoms with Crippen LogP contribution in [0.1, 0.15) is 37.0 Å². The molecule has 1 aliphatic heterocycles. The van der Waals surface area contributed by atoms with Gasteiger partial charge in [0, 0.05) is 5.56 Å². The highest BCUT2D eigenvalue weighted by Gasteiger charge is 2.22. The number of ether oxygens (including phenoxy) is 3. The summed E-state index contributed by atoms with van der Waals surface area (Å²) in [6.45, 7) is 7.80. The Balaban J connectivity index is 1.57. The maximum absolute atomic E-state index is 12.7. The number of carbonyl (C=O) groups is 2. The van der Waals surface area contributed by atoms with Crippen molar-refractivity contribution in [1.82, 2.24) is 10.7 Å². The number of nitrogens with zero attached hydrogens (tertiary/aromatic N) is 1. The Kier molecular flexibility index (Phi) is 7.70. The minimum Gasteiger partial charge on any atom is -0.484 e. The monoisotopic (exact) mass is 439 g/mol. The molecule has 0 saturated heterocycles. The molecule has 0 fully saturated rings. The van der Waals surface area contributed by atoms with Crippen LogP contribution in [0.25, 0.3) is 0 Å². The number of hydrazone groups is 1. The first kappa shape index (κ1) is 23.1. The van der Waals surface area contributed by atoms with E-state index >= 15 is 0 Å². The maximum Gasteiger partial charge on any atom is 0.262 e. The van der Waals surface area contributed by atoms with Crippen LogP contribution in [0.15, 0.2) is 41.5 Å². The predicted molar refractivity (Wildman–Crippen MR) is 121 cm³/mol. The van der Waals surface area contributed by atoms with Gasteiger partial charge in [-0.1, -0.05) is 32.0 Å². The van der Waals surface area contributed by atoms with Crippen molar-refractivity contribution >= 4 is 18.0 Å². The Morgan fingerprint density at radius 2 is 1.84 bits per heavy atom. The average molecular weight is 440 g/mol. The highest BCUT2D eigenvalue weighted by Crippen LogP contribution is 2.34. The second-order valence-electron chi connectivity index (χ2n) is 8.10. The van der Waals surface area contributed by atoms with Crippen LogP contribution in [0.4, 0.5) is 0 Å². The summed E-state index contributed by atoms with van der Waals surface area (Å²) in [4.78, 5) is 25.1. The van der Waals surface area contributed by atoms with Crippen LogP contribution < -0.4 is 25.0 Å². The molecular formula is C24H29N3O5. The third-order valence-electron chi connectivity index (χ3n) is 4.95. The molecule has 1 aliphatic rings. The zero-order valence-corrected chi connectivity index (χ0v) is 18.8. The van der Waals surface area contributed by atoms with Crippen LogP contribution >= 0.6 is 0 Å². The lowest BCUT2D eigenvalue weighted by atomic mass is 10.0. The summed E-state index contributed by atoms with van der Waals surface area (Å²) in [5, 5.41) is 6.81. The molecule has 1 heterocycles. The predicted octanol–water partition coefficient (Wildman–Crippen LogP) is 3.09. The van der Waals surface area contributed by atoms with Gasteiger partial charge in [-0.3, -0.25) is 9.59 Å². The van der Waals surface area contributed by atoms with Crippen molar-refractivity contribution in [2.24, 2.45) is 11.0 Å². The molecule has 0 aliphatic carbocycles. The first-order valence-electron chi connectivity index (χ1n) is 10.5. The molecule has 0 aromatic heterocycles. The van der Waals surface area contributed by atoms with Gasteiger partial charge in [0.15, 0.2) is 18.1 Å². The molecule has 2 N–H and O–H groups in total. The van der Waals surface area contributed by atoms with Crippen molar-refractivity contribution in [2.45, 2.75) is 40.2 Å². The number of aryl methyl sites for hydroxylation is 2. The Morgan fingerprint density at radius 1 is 1.12 bits per heavy atom. The van der Waals surface area contributed by atoms with Gasteiger partial charge in [-0.2, -0.15) is 5.10 Å². The van der Waals surface area contributed by atoms with Gasteiger partial charge >= 0.3 is 0 Å². The Morgan fingerprint density at radius 3 is 2.56 bits per heavy atom. The summed E-state index contributed by atoms with van der Waals surface area (Å²) in [5.41, 5.74) is 5.19. The summed E-state index contributed by atoms with van der Waals surface area (Å²) in [7, 11) is 0. The zero-order chi connectivity index (χ0) is 23.1. The van der Waals surface area contributed by atoms with Gasteiger partial charge in [0.25, 0.3) is 11.8 Å². The molecule has 0 saturated carbocycles. The summed E-state index contributed by atoms with van der Waals surface area (Å²) >= 11 is 0. The minimum atomic E-state index is -0.724. The molecule has 170 valence electrons. The number of hydrogen-bond donors (Lipinski definition) is 2. The number of amides is 2. The van der Waals surface area contributed by atoms with Gasteiger partial charge in [-0.05, 0) is 55.5 Å². The van der Waals surface area contributed by atoms with Gasteiger partial charge in [-0.25, -0.2) is 5.43 Å². The van der Waals surface area contributed by atoms with E-state index in [1.54, 1.807) is 12.3 Å². The first-order chi connectivity index (χ1) is 15.3. The Hall–Kier alpha value is -3.55. The van der Waals surface area contributed by atoms with E-state index in [1.807, 2.05) is 58.0 Å². The lowest BCUT2D eigenvalue weighted by Crippen LogP contribution is -2.47. The van der Waals surface area contributed by atoms with Crippen LogP contribution in [0, 0.1) is 19.8 Å². The van der Waals surface area contributed by atoms with E-state index in [-0.39, 0.29) is 25.2 Å². The molecule has 0 radical (unpaired) electrons. The third kappa shape index (κ3) is 6.23. The molecule has 8 nitrogen and oxygen atoms in total. The molecule has 0 unspecified atom stereocenters. The Labute approximate surface area is 187 Å². The number of fused-ring (bicyclic) bond motifs is 1. The third-order valence-corrected chi connectivity index (χ3v) is 4.95. The minimum absolute atomic E-state index is 0.174. The Bertz CT molecular complexity index is 1000. The van der Waals surface area contributed by atoms with Gasteiger partial charge in [0.1, 0.15) is 11.8 Å². The highest BCUT2D eigenvalue weighted by molar-refractivity contribution is 5.89. The SMILES string of the molecule is Cc1cc2c(cc1/C=N\NC(=O)[C@@H](CC(C)C)NC(=O)COc1ccccc1C)OCO2. The lowest BCUT2D eigenvalue weighted by molar-refractivity contribution is -0.130. The van der Waals surface area contributed by atoms with Crippen molar-refractivity contribution in [1.29, 1.82) is 0 Å². The molecule has 2 aromatic rings. The van der Waals surface area contributed by atoms with Crippen LogP contribution in [-0.4, -0.2) is 37.5 Å². The van der Waals surface area contributed by atoms with E-state index in [0.29, 0.717) is 23.7 Å². The van der Waals surface area contributed by atoms with E-state index in [1.165, 1.54) is 0 Å². The van der Waals surface area contributed by atoms with Crippen LogP contribution in [0.3, 0.4) is 0 Å². The van der Waals surface area contributed by atoms with Crippen molar-refractivity contribution in [3.05, 3.63) is 53.1 Å². The van der Waals surface area contributed by atoms with Crippen molar-refractivity contribution < 1.29 is 23.8 Å². The number of benzene rings is 2. The molecule has 0 spiro atoms. The number of carbonyl (C=O) groups excluding carboxylic acids is 2. The smallest absolute Gasteiger partial charge is 0.262 e. The first-order valence-corrected chi connectivity index (χ1v) is 10.5. The topological polar surface area (TPSA) is 98.3 Å². The molecule has 32 heavy (non-hydrogen) atoms. The van der Waals surface area contributed by atoms with E-state index in [9.17, 15) is 9.59 Å². The van der Waals surface area contributed by atoms with E-state index in [4.69, 9.17) is 14.2 Å². The fourth-order valence-corrected chi connectivity index (χ4v) is 3.24. The van der Waals surface area contributed by atoms with Crippen molar-refractivity contribution in [2.75, 3.05) is 13.4 Å². The summed E-state index contributed by atoms with van der Waals surface area (Å²) < 4.78 is 16.3. The van der Waals surface area contributed by atoms with E-state index in [0.717, 1.165) is 16.7 Å². The van der Waals surface area contributed by atoms with Gasteiger partial charge in [0.2, 0.25) is 6.79 Å². The molecule has 1 atom stereocenters. The number of nitrogens with one attached hydrogen (secondary N) is 2. The molecule has 0 bridgehead atoms. The van der Waals surface area contributed by atoms with Crippen LogP contribution in [0.5, 0.6) is 17.2 Å². The average Bonchev–Trinajstić information content (AvgIpc) is 3.19. The van der Waals surface area contributed by atoms with E-state index < -0.39 is 11.9 Å². The maximum atomic E-state index is 12.7. The van der Waals surface area contributed by atoms with E-state index in [2.05, 4.69) is 15.8 Å². The van der Waals surface area contributed by atoms with Gasteiger partial charge < -0.3 is 19.5 Å². The molecule has 2 aromatic carbocycles. The standard InChI is InChI=1S/C24H29N3O5/c1-15(2)9-19(26-23(28)13-30-20-8-6-5-7-16(20)3)24(29)27-25-12-18-11-22-21(10-17(18)4)31-14-32-22/h5-8,10-12,15,19H,9,13-14H2,1-4H3,(H,26,28)(H,27,29)/b25-12-/t19-/m1/s1. The lowest BCUT2D eigenvalue weighted by Gasteiger charge is -2.19. The zero-order valence-electron chi connectivity index (χ0n) is 18.8. The summed E-state index contributed by atoms with van der Waals surface area (Å²) in [6.07, 6.45) is 2.02. The van der Waals surface area contributed by atoms with Crippen LogP contribution in [0.2, 0.25) is 0 Å². The highest BCUT2D eigenvalue weighted by atomic mass is 16.7. The largest absolute Gasteiger partial charge is 0.484 e. The fourth-order valence-electron chi connectivity index (χ4n) is 3.24. The second kappa shape index (κ2) is 10.7. The fraction of sp³-hybridized carbons (Fsp3) is 0.375. The van der Waals surface area contributed by atoms with Crippen molar-refractivity contribution in [3.63, 3.8) is 0 Å². The molecule has 2 amide bonds. The van der Waals surface area contributed by atoms with Crippen LogP contribution in [-0.2, 0) is 9.59 Å². The normalized spacial score (nSPS) is 13.3. The number of hydrogen-bond acceptors (Lipinski definition) is 6. The molecule has 8 heteroatoms. The number of rotatable bonds is 9. The quantitative estimate of drug-likeness (QED) is 0.462. The van der Waals surface area contributed by atoms with Gasteiger partial charge in [-0.15, -0.1) is 0 Å². The van der Waals surface area contributed by atoms with Gasteiger partial charge in [0.05, 0.1) is 6.21 Å². The van der Waals surface area contributed by atoms with Crippen molar-refractivity contribution in [3.8, 4) is 17.2 Å². The molecule has 3 rings (SSSR count). The summed E-state index contributed by atoms with van der Waals surface area (Å²) in [6, 6.07) is 10.4. The molecular weight excluding hydrogens is 410 g/mol. The number of para-hydroxylation sites is 1. The second-order valence-corrected chi connectivity index (χ2v) is 8.10. The summed E-state index contributed by atoms with van der Waals surface area (Å²) in [5.74, 6) is 1.40.